The molecule has 0 aromatic heterocycles. The normalized spacial score (nSPS) is 28.4. The summed E-state index contributed by atoms with van der Waals surface area (Å²) in [4.78, 5) is 0. The summed E-state index contributed by atoms with van der Waals surface area (Å²) in [6.07, 6.45) is 13.6. The molecule has 0 heterocycles. The first-order chi connectivity index (χ1) is 7.27. The fraction of sp³-hybridized carbons (Fsp3) is 1.00. The second-order valence-corrected chi connectivity index (χ2v) is 6.28. The molecule has 2 saturated carbocycles. The largest absolute Gasteiger partial charge is 0.0622 e. The molecule has 2 rings (SSSR count). The highest BCUT2D eigenvalue weighted by Gasteiger charge is 2.27. The van der Waals surface area contributed by atoms with Gasteiger partial charge in [-0.15, -0.1) is 0 Å². The molecule has 0 spiro atoms. The van der Waals surface area contributed by atoms with Crippen molar-refractivity contribution in [2.75, 3.05) is 0 Å². The van der Waals surface area contributed by atoms with E-state index in [-0.39, 0.29) is 0 Å². The van der Waals surface area contributed by atoms with Gasteiger partial charge in [0, 0.05) is 0 Å². The second kappa shape index (κ2) is 5.37. The van der Waals surface area contributed by atoms with E-state index in [1.165, 1.54) is 57.8 Å². The number of hydrogen-bond acceptors (Lipinski definition) is 0. The van der Waals surface area contributed by atoms with Crippen molar-refractivity contribution < 1.29 is 0 Å². The van der Waals surface area contributed by atoms with Crippen molar-refractivity contribution in [3.8, 4) is 0 Å². The van der Waals surface area contributed by atoms with Crippen LogP contribution in [0.4, 0.5) is 0 Å². The van der Waals surface area contributed by atoms with Gasteiger partial charge in [-0.1, -0.05) is 65.2 Å². The third-order valence-electron chi connectivity index (χ3n) is 5.15. The SMILES string of the molecule is CC(C[C@H](C)C1CCCCC1)C1CCC1. The first-order valence-electron chi connectivity index (χ1n) is 7.27. The van der Waals surface area contributed by atoms with Crippen LogP contribution in [0.3, 0.4) is 0 Å². The Labute approximate surface area is 95.8 Å². The second-order valence-electron chi connectivity index (χ2n) is 6.28. The van der Waals surface area contributed by atoms with E-state index in [2.05, 4.69) is 13.8 Å². The predicted octanol–water partition coefficient (Wildman–Crippen LogP) is 5.03. The highest BCUT2D eigenvalue weighted by molar-refractivity contribution is 4.79. The van der Waals surface area contributed by atoms with E-state index >= 15 is 0 Å². The molecular formula is C15H28. The van der Waals surface area contributed by atoms with E-state index in [0.29, 0.717) is 0 Å². The molecule has 1 unspecified atom stereocenters. The molecule has 0 aromatic rings. The molecule has 0 N–H and O–H groups in total. The van der Waals surface area contributed by atoms with Gasteiger partial charge >= 0.3 is 0 Å². The van der Waals surface area contributed by atoms with E-state index in [9.17, 15) is 0 Å². The third-order valence-corrected chi connectivity index (χ3v) is 5.15. The van der Waals surface area contributed by atoms with E-state index < -0.39 is 0 Å². The summed E-state index contributed by atoms with van der Waals surface area (Å²) < 4.78 is 0. The Morgan fingerprint density at radius 2 is 1.20 bits per heavy atom. The minimum atomic E-state index is 1.00. The van der Waals surface area contributed by atoms with Crippen LogP contribution in [0, 0.1) is 23.7 Å². The smallest absolute Gasteiger partial charge is 0.0388 e. The summed E-state index contributed by atoms with van der Waals surface area (Å²) in [5.74, 6) is 4.17. The summed E-state index contributed by atoms with van der Waals surface area (Å²) >= 11 is 0. The van der Waals surface area contributed by atoms with E-state index in [1.807, 2.05) is 0 Å². The molecule has 2 atom stereocenters. The van der Waals surface area contributed by atoms with Crippen molar-refractivity contribution in [2.24, 2.45) is 23.7 Å². The summed E-state index contributed by atoms with van der Waals surface area (Å²) in [5.41, 5.74) is 0. The average Bonchev–Trinajstić information content (AvgIpc) is 2.16. The van der Waals surface area contributed by atoms with Crippen molar-refractivity contribution in [1.82, 2.24) is 0 Å². The zero-order valence-electron chi connectivity index (χ0n) is 10.7. The summed E-state index contributed by atoms with van der Waals surface area (Å²) in [5, 5.41) is 0. The fourth-order valence-electron chi connectivity index (χ4n) is 3.68. The highest BCUT2D eigenvalue weighted by atomic mass is 14.3. The van der Waals surface area contributed by atoms with Crippen LogP contribution in [0.15, 0.2) is 0 Å². The van der Waals surface area contributed by atoms with Gasteiger partial charge in [-0.3, -0.25) is 0 Å². The van der Waals surface area contributed by atoms with Crippen molar-refractivity contribution >= 4 is 0 Å². The Hall–Kier alpha value is 0. The van der Waals surface area contributed by atoms with Crippen molar-refractivity contribution in [1.29, 1.82) is 0 Å². The maximum atomic E-state index is 2.52. The molecule has 0 bridgehead atoms. The van der Waals surface area contributed by atoms with Crippen LogP contribution in [0.25, 0.3) is 0 Å². The van der Waals surface area contributed by atoms with Crippen LogP contribution in [0.5, 0.6) is 0 Å². The molecule has 0 aromatic carbocycles. The number of hydrogen-bond donors (Lipinski definition) is 0. The first kappa shape index (κ1) is 11.5. The average molecular weight is 208 g/mol. The predicted molar refractivity (Wildman–Crippen MR) is 66.9 cm³/mol. The van der Waals surface area contributed by atoms with Gasteiger partial charge in [0.25, 0.3) is 0 Å². The van der Waals surface area contributed by atoms with Crippen LogP contribution >= 0.6 is 0 Å². The minimum Gasteiger partial charge on any atom is -0.0622 e. The van der Waals surface area contributed by atoms with E-state index in [1.54, 1.807) is 0 Å². The zero-order valence-corrected chi connectivity index (χ0v) is 10.7. The van der Waals surface area contributed by atoms with Gasteiger partial charge in [0.1, 0.15) is 0 Å². The molecule has 0 radical (unpaired) electrons. The molecule has 0 nitrogen and oxygen atoms in total. The first-order valence-corrected chi connectivity index (χ1v) is 7.27. The van der Waals surface area contributed by atoms with Gasteiger partial charge in [0.2, 0.25) is 0 Å². The molecular weight excluding hydrogens is 180 g/mol. The Bertz CT molecular complexity index is 174. The zero-order chi connectivity index (χ0) is 10.7. The van der Waals surface area contributed by atoms with Crippen molar-refractivity contribution in [3.63, 3.8) is 0 Å². The lowest BCUT2D eigenvalue weighted by Gasteiger charge is -2.35. The van der Waals surface area contributed by atoms with Gasteiger partial charge in [0.05, 0.1) is 0 Å². The maximum Gasteiger partial charge on any atom is -0.0388 e. The van der Waals surface area contributed by atoms with Gasteiger partial charge in [0.15, 0.2) is 0 Å². The molecule has 0 aliphatic heterocycles. The van der Waals surface area contributed by atoms with E-state index in [4.69, 9.17) is 0 Å². The standard InChI is InChI=1S/C15H28/c1-12(14-7-4-3-5-8-14)11-13(2)15-9-6-10-15/h12-15H,3-11H2,1-2H3/t12-,13?/m0/s1. The summed E-state index contributed by atoms with van der Waals surface area (Å²) in [6.45, 7) is 5.02. The van der Waals surface area contributed by atoms with Crippen LogP contribution in [0.2, 0.25) is 0 Å². The summed E-state index contributed by atoms with van der Waals surface area (Å²) in [7, 11) is 0. The molecule has 0 amide bonds. The van der Waals surface area contributed by atoms with Gasteiger partial charge < -0.3 is 0 Å². The van der Waals surface area contributed by atoms with Crippen LogP contribution < -0.4 is 0 Å². The van der Waals surface area contributed by atoms with Gasteiger partial charge in [-0.2, -0.15) is 0 Å². The number of rotatable bonds is 4. The Morgan fingerprint density at radius 3 is 1.60 bits per heavy atom. The fourth-order valence-corrected chi connectivity index (χ4v) is 3.68. The Kier molecular flexibility index (Phi) is 4.11. The molecule has 2 aliphatic rings. The van der Waals surface area contributed by atoms with E-state index in [0.717, 1.165) is 23.7 Å². The lowest BCUT2D eigenvalue weighted by Crippen LogP contribution is -2.24. The highest BCUT2D eigenvalue weighted by Crippen LogP contribution is 2.39. The lowest BCUT2D eigenvalue weighted by molar-refractivity contribution is 0.157. The maximum absolute atomic E-state index is 2.52. The van der Waals surface area contributed by atoms with Gasteiger partial charge in [-0.25, -0.2) is 0 Å². The molecule has 0 heteroatoms. The lowest BCUT2D eigenvalue weighted by atomic mass is 9.70. The molecule has 0 saturated heterocycles. The van der Waals surface area contributed by atoms with Crippen molar-refractivity contribution in [3.05, 3.63) is 0 Å². The van der Waals surface area contributed by atoms with Crippen LogP contribution in [-0.4, -0.2) is 0 Å². The monoisotopic (exact) mass is 208 g/mol. The topological polar surface area (TPSA) is 0 Å². The van der Waals surface area contributed by atoms with Gasteiger partial charge in [-0.05, 0) is 30.1 Å². The molecule has 2 fully saturated rings. The quantitative estimate of drug-likeness (QED) is 0.608. The molecule has 15 heavy (non-hydrogen) atoms. The Balaban J connectivity index is 1.72. The minimum absolute atomic E-state index is 1.00. The van der Waals surface area contributed by atoms with Crippen molar-refractivity contribution in [2.45, 2.75) is 71.6 Å². The molecule has 88 valence electrons. The van der Waals surface area contributed by atoms with Crippen LogP contribution in [-0.2, 0) is 0 Å². The van der Waals surface area contributed by atoms with Crippen LogP contribution in [0.1, 0.15) is 71.6 Å². The summed E-state index contributed by atoms with van der Waals surface area (Å²) in [6, 6.07) is 0. The molecule has 2 aliphatic carbocycles. The third kappa shape index (κ3) is 2.98. The Morgan fingerprint density at radius 1 is 0.733 bits per heavy atom.